The lowest BCUT2D eigenvalue weighted by atomic mass is 10.1. The second kappa shape index (κ2) is 3.95. The fraction of sp³-hybridized carbons (Fsp3) is 0.538. The second-order valence-electron chi connectivity index (χ2n) is 4.63. The van der Waals surface area contributed by atoms with Crippen LogP contribution in [0.5, 0.6) is 0 Å². The van der Waals surface area contributed by atoms with Gasteiger partial charge in [-0.05, 0) is 29.9 Å². The minimum absolute atomic E-state index is 0.578. The van der Waals surface area contributed by atoms with Crippen LogP contribution in [0.3, 0.4) is 0 Å². The lowest BCUT2D eigenvalue weighted by molar-refractivity contribution is -0.00578. The van der Waals surface area contributed by atoms with Gasteiger partial charge < -0.3 is 10.1 Å². The van der Waals surface area contributed by atoms with Gasteiger partial charge in [0, 0.05) is 6.54 Å². The summed E-state index contributed by atoms with van der Waals surface area (Å²) in [7, 11) is 0. The van der Waals surface area contributed by atoms with Crippen molar-refractivity contribution >= 4 is 0 Å². The Bertz CT molecular complexity index is 342. The Morgan fingerprint density at radius 2 is 2.13 bits per heavy atom. The first-order valence-corrected chi connectivity index (χ1v) is 5.82. The Morgan fingerprint density at radius 3 is 2.80 bits per heavy atom. The molecule has 1 heterocycles. The van der Waals surface area contributed by atoms with Gasteiger partial charge in [0.25, 0.3) is 0 Å². The van der Waals surface area contributed by atoms with Crippen LogP contribution in [0, 0.1) is 0 Å². The monoisotopic (exact) mass is 203 g/mol. The summed E-state index contributed by atoms with van der Waals surface area (Å²) in [4.78, 5) is 0. The minimum atomic E-state index is 0.578. The maximum absolute atomic E-state index is 5.13. The molecule has 0 unspecified atom stereocenters. The van der Waals surface area contributed by atoms with E-state index in [-0.39, 0.29) is 0 Å². The highest BCUT2D eigenvalue weighted by molar-refractivity contribution is 5.29. The summed E-state index contributed by atoms with van der Waals surface area (Å²) >= 11 is 0. The molecular weight excluding hydrogens is 186 g/mol. The van der Waals surface area contributed by atoms with E-state index >= 15 is 0 Å². The lowest BCUT2D eigenvalue weighted by Crippen LogP contribution is -2.45. The zero-order valence-corrected chi connectivity index (χ0v) is 8.91. The lowest BCUT2D eigenvalue weighted by Gasteiger charge is -2.27. The molecule has 3 rings (SSSR count). The molecule has 1 aromatic rings. The Labute approximate surface area is 90.6 Å². The van der Waals surface area contributed by atoms with Crippen molar-refractivity contribution in [1.29, 1.82) is 0 Å². The van der Waals surface area contributed by atoms with E-state index in [4.69, 9.17) is 4.74 Å². The van der Waals surface area contributed by atoms with Gasteiger partial charge in [0.2, 0.25) is 0 Å². The van der Waals surface area contributed by atoms with Crippen molar-refractivity contribution in [3.63, 3.8) is 0 Å². The predicted octanol–water partition coefficient (Wildman–Crippen LogP) is 2.05. The van der Waals surface area contributed by atoms with Crippen LogP contribution in [-0.4, -0.2) is 19.3 Å². The highest BCUT2D eigenvalue weighted by atomic mass is 16.5. The molecule has 2 nitrogen and oxygen atoms in total. The highest BCUT2D eigenvalue weighted by Gasteiger charge is 2.23. The van der Waals surface area contributed by atoms with Crippen LogP contribution < -0.4 is 5.32 Å². The first-order valence-electron chi connectivity index (χ1n) is 5.82. The molecule has 0 bridgehead atoms. The van der Waals surface area contributed by atoms with Crippen LogP contribution in [0.1, 0.15) is 29.9 Å². The first kappa shape index (κ1) is 9.37. The summed E-state index contributed by atoms with van der Waals surface area (Å²) in [5.74, 6) is 0.858. The molecule has 2 fully saturated rings. The van der Waals surface area contributed by atoms with Crippen molar-refractivity contribution in [3.05, 3.63) is 35.4 Å². The Kier molecular flexibility index (Phi) is 2.47. The average Bonchev–Trinajstić information content (AvgIpc) is 2.99. The third-order valence-corrected chi connectivity index (χ3v) is 3.23. The van der Waals surface area contributed by atoms with Gasteiger partial charge in [0.15, 0.2) is 0 Å². The van der Waals surface area contributed by atoms with Gasteiger partial charge >= 0.3 is 0 Å². The molecule has 0 atom stereocenters. The molecule has 1 N–H and O–H groups in total. The number of nitrogens with one attached hydrogen (secondary N) is 1. The molecular formula is C13H17NO. The Balaban J connectivity index is 1.60. The molecule has 1 aliphatic carbocycles. The summed E-state index contributed by atoms with van der Waals surface area (Å²) in [5.41, 5.74) is 2.94. The van der Waals surface area contributed by atoms with E-state index in [2.05, 4.69) is 29.6 Å². The van der Waals surface area contributed by atoms with Gasteiger partial charge in [0.1, 0.15) is 0 Å². The maximum atomic E-state index is 5.13. The van der Waals surface area contributed by atoms with Crippen molar-refractivity contribution in [2.24, 2.45) is 0 Å². The van der Waals surface area contributed by atoms with Crippen LogP contribution in [0.2, 0.25) is 0 Å². The molecule has 80 valence electrons. The molecule has 0 aromatic heterocycles. The fourth-order valence-corrected chi connectivity index (χ4v) is 1.99. The molecule has 0 amide bonds. The van der Waals surface area contributed by atoms with E-state index in [1.807, 2.05) is 0 Å². The van der Waals surface area contributed by atoms with Crippen molar-refractivity contribution < 1.29 is 4.74 Å². The number of hydrogen-bond acceptors (Lipinski definition) is 2. The summed E-state index contributed by atoms with van der Waals surface area (Å²) in [6.07, 6.45) is 2.76. The second-order valence-corrected chi connectivity index (χ2v) is 4.63. The molecule has 0 spiro atoms. The van der Waals surface area contributed by atoms with Crippen LogP contribution >= 0.6 is 0 Å². The van der Waals surface area contributed by atoms with Gasteiger partial charge in [-0.2, -0.15) is 0 Å². The van der Waals surface area contributed by atoms with E-state index < -0.39 is 0 Å². The molecule has 15 heavy (non-hydrogen) atoms. The Hall–Kier alpha value is -0.860. The summed E-state index contributed by atoms with van der Waals surface area (Å²) in [6, 6.07) is 9.58. The van der Waals surface area contributed by atoms with E-state index in [9.17, 15) is 0 Å². The van der Waals surface area contributed by atoms with E-state index in [0.717, 1.165) is 25.7 Å². The van der Waals surface area contributed by atoms with Gasteiger partial charge in [0.05, 0.1) is 19.3 Å². The SMILES string of the molecule is c1cc(CNC2COC2)cc(C2CC2)c1. The van der Waals surface area contributed by atoms with E-state index in [0.29, 0.717) is 6.04 Å². The molecule has 2 aliphatic rings. The third-order valence-electron chi connectivity index (χ3n) is 3.23. The van der Waals surface area contributed by atoms with Crippen molar-refractivity contribution in [3.8, 4) is 0 Å². The number of hydrogen-bond donors (Lipinski definition) is 1. The highest BCUT2D eigenvalue weighted by Crippen LogP contribution is 2.40. The van der Waals surface area contributed by atoms with Crippen molar-refractivity contribution in [2.75, 3.05) is 13.2 Å². The molecule has 1 aromatic carbocycles. The molecule has 0 radical (unpaired) electrons. The third kappa shape index (κ3) is 2.21. The Morgan fingerprint density at radius 1 is 1.27 bits per heavy atom. The normalized spacial score (nSPS) is 21.3. The smallest absolute Gasteiger partial charge is 0.0643 e. The van der Waals surface area contributed by atoms with Crippen LogP contribution in [0.25, 0.3) is 0 Å². The first-order chi connectivity index (χ1) is 7.42. The van der Waals surface area contributed by atoms with E-state index in [1.54, 1.807) is 0 Å². The molecule has 1 saturated carbocycles. The van der Waals surface area contributed by atoms with E-state index in [1.165, 1.54) is 24.0 Å². The number of ether oxygens (including phenoxy) is 1. The molecule has 2 heteroatoms. The number of benzene rings is 1. The van der Waals surface area contributed by atoms with Gasteiger partial charge in [-0.25, -0.2) is 0 Å². The average molecular weight is 203 g/mol. The van der Waals surface area contributed by atoms with Gasteiger partial charge in [-0.1, -0.05) is 24.3 Å². The minimum Gasteiger partial charge on any atom is -0.378 e. The van der Waals surface area contributed by atoms with Crippen molar-refractivity contribution in [2.45, 2.75) is 31.3 Å². The zero-order chi connectivity index (χ0) is 10.1. The number of rotatable bonds is 4. The standard InChI is InChI=1S/C13H17NO/c1-2-10(7-14-13-8-15-9-13)6-12(3-1)11-4-5-11/h1-3,6,11,13-14H,4-5,7-9H2. The summed E-state index contributed by atoms with van der Waals surface area (Å²) < 4.78 is 5.13. The van der Waals surface area contributed by atoms with Crippen molar-refractivity contribution in [1.82, 2.24) is 5.32 Å². The summed E-state index contributed by atoms with van der Waals surface area (Å²) in [6.45, 7) is 2.74. The van der Waals surface area contributed by atoms with Gasteiger partial charge in [-0.15, -0.1) is 0 Å². The maximum Gasteiger partial charge on any atom is 0.0643 e. The fourth-order valence-electron chi connectivity index (χ4n) is 1.99. The zero-order valence-electron chi connectivity index (χ0n) is 8.91. The molecule has 1 aliphatic heterocycles. The van der Waals surface area contributed by atoms with Crippen LogP contribution in [-0.2, 0) is 11.3 Å². The summed E-state index contributed by atoms with van der Waals surface area (Å²) in [5, 5.41) is 3.50. The topological polar surface area (TPSA) is 21.3 Å². The molecule has 1 saturated heterocycles. The van der Waals surface area contributed by atoms with Gasteiger partial charge in [-0.3, -0.25) is 0 Å². The van der Waals surface area contributed by atoms with Crippen LogP contribution in [0.15, 0.2) is 24.3 Å². The van der Waals surface area contributed by atoms with Crippen LogP contribution in [0.4, 0.5) is 0 Å². The predicted molar refractivity (Wildman–Crippen MR) is 59.9 cm³/mol. The largest absolute Gasteiger partial charge is 0.378 e. The quantitative estimate of drug-likeness (QED) is 0.808.